The first-order chi connectivity index (χ1) is 29.6. The van der Waals surface area contributed by atoms with Crippen molar-refractivity contribution < 1.29 is 68.4 Å². The summed E-state index contributed by atoms with van der Waals surface area (Å²) in [6.07, 6.45) is 7.80. The van der Waals surface area contributed by atoms with Crippen molar-refractivity contribution in [2.24, 2.45) is 35.5 Å². The minimum atomic E-state index is -2.10. The second-order valence-corrected chi connectivity index (χ2v) is 17.4. The fraction of sp³-hybridized carbons (Fsp3) is 0.625. The first kappa shape index (κ1) is 53.0. The molecule has 0 radical (unpaired) electrons. The van der Waals surface area contributed by atoms with Gasteiger partial charge >= 0.3 is 11.9 Å². The number of allylic oxidation sites excluding steroid dienone is 8. The number of amides is 1. The third-order valence-corrected chi connectivity index (χ3v) is 12.6. The summed E-state index contributed by atoms with van der Waals surface area (Å²) in [6.45, 7) is 16.1. The number of methoxy groups -OCH3 is 2. The van der Waals surface area contributed by atoms with Crippen LogP contribution < -0.4 is 5.32 Å². The van der Waals surface area contributed by atoms with E-state index in [-0.39, 0.29) is 48.3 Å². The Balaban J connectivity index is 1.97. The summed E-state index contributed by atoms with van der Waals surface area (Å²) in [5.74, 6) is -8.99. The van der Waals surface area contributed by atoms with E-state index in [1.165, 1.54) is 20.3 Å². The number of esters is 2. The minimum Gasteiger partial charge on any atom is -0.510 e. The average Bonchev–Trinajstić information content (AvgIpc) is 3.55. The van der Waals surface area contributed by atoms with Crippen LogP contribution in [0, 0.1) is 35.5 Å². The Morgan fingerprint density at radius 2 is 1.75 bits per heavy atom. The summed E-state index contributed by atoms with van der Waals surface area (Å²) in [4.78, 5) is 51.4. The number of aliphatic hydroxyl groups is 5. The molecule has 2 aliphatic heterocycles. The molecule has 1 unspecified atom stereocenters. The van der Waals surface area contributed by atoms with E-state index >= 15 is 0 Å². The molecule has 0 spiro atoms. The Morgan fingerprint density at radius 3 is 2.33 bits per heavy atom. The molecule has 1 saturated heterocycles. The zero-order valence-corrected chi connectivity index (χ0v) is 38.6. The molecule has 1 fully saturated rings. The highest BCUT2D eigenvalue weighted by molar-refractivity contribution is 6.04. The van der Waals surface area contributed by atoms with E-state index in [2.05, 4.69) is 5.32 Å². The lowest BCUT2D eigenvalue weighted by molar-refractivity contribution is -0.314. The highest BCUT2D eigenvalue weighted by atomic mass is 16.6. The highest BCUT2D eigenvalue weighted by Gasteiger charge is 2.52. The summed E-state index contributed by atoms with van der Waals surface area (Å²) in [7, 11) is 2.75. The van der Waals surface area contributed by atoms with Gasteiger partial charge in [0.15, 0.2) is 11.6 Å². The van der Waals surface area contributed by atoms with Gasteiger partial charge in [-0.2, -0.15) is 0 Å². The molecule has 0 aromatic heterocycles. The van der Waals surface area contributed by atoms with Crippen molar-refractivity contribution in [3.8, 4) is 0 Å². The predicted molar refractivity (Wildman–Crippen MR) is 235 cm³/mol. The Kier molecular flexibility index (Phi) is 20.2. The van der Waals surface area contributed by atoms with Gasteiger partial charge in [0.1, 0.15) is 29.8 Å². The first-order valence-electron chi connectivity index (χ1n) is 21.9. The fourth-order valence-electron chi connectivity index (χ4n) is 8.59. The second kappa shape index (κ2) is 24.1. The quantitative estimate of drug-likeness (QED) is 0.0825. The van der Waals surface area contributed by atoms with Crippen molar-refractivity contribution in [2.75, 3.05) is 14.2 Å². The lowest BCUT2D eigenvalue weighted by Gasteiger charge is -2.48. The van der Waals surface area contributed by atoms with E-state index in [1.807, 2.05) is 33.8 Å². The summed E-state index contributed by atoms with van der Waals surface area (Å²) < 4.78 is 29.5. The lowest BCUT2D eigenvalue weighted by atomic mass is 9.77. The number of ketones is 1. The maximum atomic E-state index is 13.9. The zero-order chi connectivity index (χ0) is 47.3. The SMILES string of the molecule is C/C=C\[C@H]1O[C@@](O)([C@@H](C)[C@H](O)[C@H](C)[C@@H]2OC(=O)/C(OC)=C/C(C)=C/[C@@H](C)[C@@H](O)C(CC)[C@@H](O)[C@H](C)C/C(C)=C/C=C[C@@H]2OC)C[C@@H](OC(=O)/C=C/C(=O)NC2=C(O)CCC2=O)[C@@H]1C. The smallest absolute Gasteiger partial charge is 0.373 e. The monoisotopic (exact) mass is 885 g/mol. The Bertz CT molecular complexity index is 1830. The van der Waals surface area contributed by atoms with Crippen LogP contribution in [0.25, 0.3) is 0 Å². The maximum Gasteiger partial charge on any atom is 0.373 e. The number of hydrogen-bond acceptors (Lipinski definition) is 14. The van der Waals surface area contributed by atoms with Crippen molar-refractivity contribution in [3.63, 3.8) is 0 Å². The van der Waals surface area contributed by atoms with Crippen molar-refractivity contribution in [2.45, 2.75) is 143 Å². The molecule has 3 aliphatic rings. The zero-order valence-electron chi connectivity index (χ0n) is 38.6. The Labute approximate surface area is 372 Å². The summed E-state index contributed by atoms with van der Waals surface area (Å²) >= 11 is 0. The van der Waals surface area contributed by atoms with Gasteiger partial charge in [0.25, 0.3) is 0 Å². The molecule has 63 heavy (non-hydrogen) atoms. The topological polar surface area (TPSA) is 228 Å². The van der Waals surface area contributed by atoms with Gasteiger partial charge in [-0.3, -0.25) is 9.59 Å². The van der Waals surface area contributed by atoms with Gasteiger partial charge in [-0.05, 0) is 45.6 Å². The molecule has 15 heteroatoms. The molecule has 15 nitrogen and oxygen atoms in total. The number of aliphatic hydroxyl groups excluding tert-OH is 4. The molecule has 0 aromatic rings. The molecule has 2 heterocycles. The third-order valence-electron chi connectivity index (χ3n) is 12.6. The fourth-order valence-corrected chi connectivity index (χ4v) is 8.59. The van der Waals surface area contributed by atoms with Crippen LogP contribution in [0.3, 0.4) is 0 Å². The van der Waals surface area contributed by atoms with E-state index < -0.39 is 95.8 Å². The van der Waals surface area contributed by atoms with Gasteiger partial charge in [0, 0.05) is 68.1 Å². The molecule has 0 bridgehead atoms. The van der Waals surface area contributed by atoms with Crippen LogP contribution >= 0.6 is 0 Å². The van der Waals surface area contributed by atoms with Crippen LogP contribution in [0.4, 0.5) is 0 Å². The summed E-state index contributed by atoms with van der Waals surface area (Å²) in [5, 5.41) is 59.2. The van der Waals surface area contributed by atoms with Crippen molar-refractivity contribution in [3.05, 3.63) is 83.0 Å². The molecule has 0 aromatic carbocycles. The highest BCUT2D eigenvalue weighted by Crippen LogP contribution is 2.41. The number of cyclic esters (lactones) is 1. The van der Waals surface area contributed by atoms with Crippen LogP contribution in [0.1, 0.15) is 94.4 Å². The van der Waals surface area contributed by atoms with Gasteiger partial charge in [0.2, 0.25) is 11.7 Å². The predicted octanol–water partition coefficient (Wildman–Crippen LogP) is 5.36. The minimum absolute atomic E-state index is 0.0618. The molecule has 3 rings (SSSR count). The Hall–Kier alpha value is -4.38. The molecule has 1 amide bonds. The number of nitrogens with one attached hydrogen (secondary N) is 1. The third kappa shape index (κ3) is 14.1. The van der Waals surface area contributed by atoms with E-state index in [9.17, 15) is 44.7 Å². The Morgan fingerprint density at radius 1 is 1.06 bits per heavy atom. The van der Waals surface area contributed by atoms with Crippen LogP contribution in [-0.4, -0.2) is 112 Å². The van der Waals surface area contributed by atoms with Crippen LogP contribution in [0.5, 0.6) is 0 Å². The van der Waals surface area contributed by atoms with Gasteiger partial charge in [0.05, 0.1) is 31.5 Å². The second-order valence-electron chi connectivity index (χ2n) is 17.4. The number of carbonyl (C=O) groups is 4. The number of hydrogen-bond donors (Lipinski definition) is 6. The number of Topliss-reactive ketones (excluding diaryl/α,β-unsaturated/α-hetero) is 1. The molecule has 6 N–H and O–H groups in total. The molecular formula is C48H71NO14. The normalized spacial score (nSPS) is 35.9. The van der Waals surface area contributed by atoms with Gasteiger partial charge in [-0.25, -0.2) is 9.59 Å². The molecular weight excluding hydrogens is 815 g/mol. The van der Waals surface area contributed by atoms with E-state index in [4.69, 9.17) is 23.7 Å². The van der Waals surface area contributed by atoms with Crippen LogP contribution in [0.2, 0.25) is 0 Å². The molecule has 1 aliphatic carbocycles. The molecule has 352 valence electrons. The first-order valence-corrected chi connectivity index (χ1v) is 21.9. The van der Waals surface area contributed by atoms with Crippen molar-refractivity contribution in [1.29, 1.82) is 0 Å². The van der Waals surface area contributed by atoms with Crippen molar-refractivity contribution in [1.82, 2.24) is 5.32 Å². The number of ether oxygens (including phenoxy) is 5. The molecule has 14 atom stereocenters. The van der Waals surface area contributed by atoms with Crippen LogP contribution in [0.15, 0.2) is 83.0 Å². The summed E-state index contributed by atoms with van der Waals surface area (Å²) in [6, 6.07) is 0. The average molecular weight is 886 g/mol. The maximum absolute atomic E-state index is 13.9. The lowest BCUT2D eigenvalue weighted by Crippen LogP contribution is -2.58. The van der Waals surface area contributed by atoms with E-state index in [0.29, 0.717) is 18.4 Å². The van der Waals surface area contributed by atoms with E-state index in [0.717, 1.165) is 17.7 Å². The molecule has 0 saturated carbocycles. The van der Waals surface area contributed by atoms with Gasteiger partial charge in [-0.1, -0.05) is 89.1 Å². The number of carbonyl (C=O) groups excluding carboxylic acids is 4. The van der Waals surface area contributed by atoms with E-state index in [1.54, 1.807) is 65.0 Å². The van der Waals surface area contributed by atoms with Crippen molar-refractivity contribution >= 4 is 23.6 Å². The van der Waals surface area contributed by atoms with Gasteiger partial charge < -0.3 is 54.5 Å². The van der Waals surface area contributed by atoms with Gasteiger partial charge in [-0.15, -0.1) is 0 Å². The summed E-state index contributed by atoms with van der Waals surface area (Å²) in [5.41, 5.74) is 1.32. The van der Waals surface area contributed by atoms with Crippen LogP contribution in [-0.2, 0) is 42.9 Å². The standard InChI is InChI=1S/C48H71NO14/c1-12-15-36-30(7)39(61-41(53)21-20-40(52)49-42-34(50)18-19-35(42)51)25-48(58,63-36)32(9)45(56)31(8)46-37(59-10)17-14-16-26(3)22-28(5)43(54)33(13-2)44(55)29(6)23-27(4)24-38(60-11)47(57)62-46/h12,14-17,20-21,23-24,28-33,36-37,39,43-46,50,54-56,58H,13,18-19,22,25H2,1-11H3,(H,49,52)/b15-12-,17-14?,21-20+,26-16+,27-23+,38-24-/t28-,29-,30-,31+,32+,33?,36-,37+,39-,43+,44-,45-,46+,48-/m1/s1. The number of rotatable bonds is 12. The largest absolute Gasteiger partial charge is 0.510 e.